The first-order chi connectivity index (χ1) is 29.2. The van der Waals surface area contributed by atoms with E-state index in [4.69, 9.17) is 56.8 Å². The highest BCUT2D eigenvalue weighted by molar-refractivity contribution is 5.56. The first-order valence-corrected chi connectivity index (χ1v) is 19.6. The van der Waals surface area contributed by atoms with Gasteiger partial charge in [0.1, 0.15) is 54.4 Å². The van der Waals surface area contributed by atoms with Gasteiger partial charge in [0.05, 0.1) is 80.3 Å². The predicted octanol–water partition coefficient (Wildman–Crippen LogP) is -3.38. The molecule has 5 aliphatic heterocycles. The molecule has 7 rings (SSSR count). The van der Waals surface area contributed by atoms with Crippen molar-refractivity contribution < 1.29 is 108 Å². The van der Waals surface area contributed by atoms with Crippen LogP contribution in [-0.2, 0) is 28.4 Å². The lowest BCUT2D eigenvalue weighted by molar-refractivity contribution is -0.319. The van der Waals surface area contributed by atoms with E-state index in [-0.39, 0.29) is 59.5 Å². The van der Waals surface area contributed by atoms with Crippen LogP contribution in [0.25, 0.3) is 0 Å². The molecule has 2 aromatic carbocycles. The Morgan fingerprint density at radius 3 is 1.44 bits per heavy atom. The van der Waals surface area contributed by atoms with Crippen LogP contribution in [0, 0.1) is 11.8 Å². The fourth-order valence-electron chi connectivity index (χ4n) is 8.35. The molecule has 342 valence electrons. The lowest BCUT2D eigenvalue weighted by Gasteiger charge is -2.42. The Morgan fingerprint density at radius 2 is 1.02 bits per heavy atom. The molecule has 17 unspecified atom stereocenters. The second kappa shape index (κ2) is 18.8. The lowest BCUT2D eigenvalue weighted by Crippen LogP contribution is -2.62. The van der Waals surface area contributed by atoms with Crippen molar-refractivity contribution in [3.05, 3.63) is 35.4 Å². The Kier molecular flexibility index (Phi) is 14.0. The van der Waals surface area contributed by atoms with Gasteiger partial charge >= 0.3 is 0 Å². The molecule has 0 amide bonds. The van der Waals surface area contributed by atoms with Crippen molar-refractivity contribution in [2.45, 2.75) is 91.6 Å². The first kappa shape index (κ1) is 45.6. The van der Waals surface area contributed by atoms with E-state index in [1.165, 1.54) is 28.4 Å². The number of fused-ring (bicyclic) bond motifs is 1. The molecule has 5 saturated heterocycles. The van der Waals surface area contributed by atoms with Crippen molar-refractivity contribution >= 4 is 0 Å². The number of aliphatic hydroxyl groups excluding tert-OH is 9. The molecule has 17 atom stereocenters. The Hall–Kier alpha value is -3.40. The van der Waals surface area contributed by atoms with Crippen LogP contribution in [-0.4, -0.2) is 199 Å². The molecule has 0 saturated carbocycles. The van der Waals surface area contributed by atoms with E-state index in [1.807, 2.05) is 0 Å². The Morgan fingerprint density at radius 1 is 0.574 bits per heavy atom. The zero-order valence-corrected chi connectivity index (χ0v) is 33.7. The highest BCUT2D eigenvalue weighted by Gasteiger charge is 2.54. The lowest BCUT2D eigenvalue weighted by atomic mass is 9.84. The molecule has 0 radical (unpaired) electrons. The molecule has 2 aromatic rings. The minimum absolute atomic E-state index is 0.0207. The molecular weight excluding hydrogens is 820 g/mol. The van der Waals surface area contributed by atoms with Gasteiger partial charge in [0.15, 0.2) is 35.4 Å². The second-order valence-corrected chi connectivity index (χ2v) is 15.5. The van der Waals surface area contributed by atoms with Crippen molar-refractivity contribution in [2.75, 3.05) is 68.1 Å². The maximum absolute atomic E-state index is 11.1. The van der Waals surface area contributed by atoms with Crippen molar-refractivity contribution in [1.82, 2.24) is 0 Å². The van der Waals surface area contributed by atoms with E-state index < -0.39 is 118 Å². The summed E-state index contributed by atoms with van der Waals surface area (Å²) in [5.41, 5.74) is -0.774. The summed E-state index contributed by atoms with van der Waals surface area (Å²) in [4.78, 5) is 0. The third-order valence-electron chi connectivity index (χ3n) is 11.9. The Labute approximate surface area is 349 Å². The highest BCUT2D eigenvalue weighted by atomic mass is 16.8. The van der Waals surface area contributed by atoms with Crippen molar-refractivity contribution in [3.63, 3.8) is 0 Å². The fourth-order valence-corrected chi connectivity index (χ4v) is 8.35. The van der Waals surface area contributed by atoms with Gasteiger partial charge in [0, 0.05) is 11.8 Å². The molecule has 22 heteroatoms. The molecule has 0 spiro atoms. The summed E-state index contributed by atoms with van der Waals surface area (Å²) in [6, 6.07) is 6.67. The minimum atomic E-state index is -2.05. The summed E-state index contributed by atoms with van der Waals surface area (Å²) in [7, 11) is 5.56. The van der Waals surface area contributed by atoms with E-state index in [0.717, 1.165) is 0 Å². The van der Waals surface area contributed by atoms with Gasteiger partial charge in [-0.15, -0.1) is 0 Å². The van der Waals surface area contributed by atoms with E-state index in [0.29, 0.717) is 11.1 Å². The van der Waals surface area contributed by atoms with Gasteiger partial charge in [-0.05, 0) is 35.4 Å². The second-order valence-electron chi connectivity index (χ2n) is 15.5. The van der Waals surface area contributed by atoms with E-state index in [9.17, 15) is 51.1 Å². The molecule has 0 bridgehead atoms. The molecule has 0 aromatic heterocycles. The average molecular weight is 875 g/mol. The summed E-state index contributed by atoms with van der Waals surface area (Å²) in [6.07, 6.45) is -19.9. The Bertz CT molecular complexity index is 1750. The predicted molar refractivity (Wildman–Crippen MR) is 199 cm³/mol. The number of hydrogen-bond acceptors (Lipinski definition) is 22. The molecule has 22 nitrogen and oxygen atoms in total. The SMILES string of the molecule is COc1cc(C2OCC3C(c4cc(OC)c(OC5OC(CO)C(O)C(O)C5OC5OCC(O)(CO)C5O)c(OC)c4)OCC23)cc(OC)c1OC1OC(CO)C(O)C(O)C1O. The van der Waals surface area contributed by atoms with Gasteiger partial charge < -0.3 is 108 Å². The zero-order chi connectivity index (χ0) is 43.9. The number of methoxy groups -OCH3 is 4. The molecule has 61 heavy (non-hydrogen) atoms. The van der Waals surface area contributed by atoms with Crippen molar-refractivity contribution in [1.29, 1.82) is 0 Å². The van der Waals surface area contributed by atoms with Crippen LogP contribution in [0.3, 0.4) is 0 Å². The summed E-state index contributed by atoms with van der Waals surface area (Å²) < 4.78 is 70.1. The van der Waals surface area contributed by atoms with Crippen molar-refractivity contribution in [2.24, 2.45) is 11.8 Å². The van der Waals surface area contributed by atoms with Gasteiger partial charge in [0.2, 0.25) is 24.1 Å². The zero-order valence-electron chi connectivity index (χ0n) is 33.7. The van der Waals surface area contributed by atoms with Crippen LogP contribution in [0.1, 0.15) is 23.3 Å². The van der Waals surface area contributed by atoms with E-state index in [2.05, 4.69) is 0 Å². The van der Waals surface area contributed by atoms with Gasteiger partial charge in [-0.3, -0.25) is 0 Å². The van der Waals surface area contributed by atoms with E-state index in [1.54, 1.807) is 24.3 Å². The topological polar surface area (TPSA) is 313 Å². The number of aliphatic hydroxyl groups is 10. The van der Waals surface area contributed by atoms with Gasteiger partial charge in [0.25, 0.3) is 0 Å². The molecular formula is C39H54O22. The fraction of sp³-hybridized carbons (Fsp3) is 0.692. The van der Waals surface area contributed by atoms with Crippen LogP contribution in [0.15, 0.2) is 24.3 Å². The normalized spacial score (nSPS) is 39.8. The number of ether oxygens (including phenoxy) is 12. The Balaban J connectivity index is 1.11. The molecule has 0 aliphatic carbocycles. The standard InChI is InChI=1S/C39H54O22/c1-50-19-5-15(6-20(51-2)32(19)59-36-29(47)27(45)25(43)23(9-40)57-36)30-17-11-55-31(18(17)12-54-30)16-7-21(52-3)33(22(8-16)53-4)60-37-34(28(46)26(44)24(10-41)58-37)61-38-35(48)39(49,13-42)14-56-38/h5-8,17-18,23-31,34-38,40-49H,9-14H2,1-4H3. The molecule has 5 heterocycles. The third kappa shape index (κ3) is 8.42. The quantitative estimate of drug-likeness (QED) is 0.0835. The smallest absolute Gasteiger partial charge is 0.230 e. The van der Waals surface area contributed by atoms with Gasteiger partial charge in [-0.1, -0.05) is 0 Å². The number of benzene rings is 2. The van der Waals surface area contributed by atoms with E-state index >= 15 is 0 Å². The number of rotatable bonds is 15. The third-order valence-corrected chi connectivity index (χ3v) is 11.9. The average Bonchev–Trinajstić information content (AvgIpc) is 3.97. The summed E-state index contributed by atoms with van der Waals surface area (Å²) in [5.74, 6) is 0.269. The van der Waals surface area contributed by atoms with Crippen LogP contribution in [0.5, 0.6) is 34.5 Å². The molecule has 5 aliphatic rings. The van der Waals surface area contributed by atoms with Crippen LogP contribution >= 0.6 is 0 Å². The first-order valence-electron chi connectivity index (χ1n) is 19.6. The van der Waals surface area contributed by atoms with Crippen molar-refractivity contribution in [3.8, 4) is 34.5 Å². The minimum Gasteiger partial charge on any atom is -0.493 e. The molecule has 5 fully saturated rings. The summed E-state index contributed by atoms with van der Waals surface area (Å²) >= 11 is 0. The van der Waals surface area contributed by atoms with Gasteiger partial charge in [-0.25, -0.2) is 0 Å². The number of hydrogen-bond donors (Lipinski definition) is 10. The largest absolute Gasteiger partial charge is 0.493 e. The van der Waals surface area contributed by atoms with Crippen LogP contribution in [0.4, 0.5) is 0 Å². The summed E-state index contributed by atoms with van der Waals surface area (Å²) in [5, 5.41) is 103. The monoisotopic (exact) mass is 874 g/mol. The maximum Gasteiger partial charge on any atom is 0.230 e. The summed E-state index contributed by atoms with van der Waals surface area (Å²) in [6.45, 7) is -2.16. The van der Waals surface area contributed by atoms with Gasteiger partial charge in [-0.2, -0.15) is 0 Å². The van der Waals surface area contributed by atoms with Crippen LogP contribution < -0.4 is 28.4 Å². The maximum atomic E-state index is 11.1. The highest BCUT2D eigenvalue weighted by Crippen LogP contribution is 2.54. The van der Waals surface area contributed by atoms with Crippen LogP contribution in [0.2, 0.25) is 0 Å². The molecule has 10 N–H and O–H groups in total.